The molecule has 3 aromatic rings. The molecule has 0 N–H and O–H groups in total. The van der Waals surface area contributed by atoms with Gasteiger partial charge in [-0.15, -0.1) is 0 Å². The average molecular weight is 375 g/mol. The minimum Gasteiger partial charge on any atom is -0.310 e. The summed E-state index contributed by atoms with van der Waals surface area (Å²) < 4.78 is 0. The molecule has 0 fully saturated rings. The number of aryl methyl sites for hydroxylation is 1. The van der Waals surface area contributed by atoms with Crippen molar-refractivity contribution >= 4 is 34.3 Å². The van der Waals surface area contributed by atoms with Crippen molar-refractivity contribution in [2.75, 3.05) is 11.4 Å². The molecule has 0 aliphatic carbocycles. The summed E-state index contributed by atoms with van der Waals surface area (Å²) in [7, 11) is 0. The molecule has 0 saturated carbocycles. The van der Waals surface area contributed by atoms with Crippen molar-refractivity contribution in [1.29, 1.82) is 5.26 Å². The monoisotopic (exact) mass is 375 g/mol. The third kappa shape index (κ3) is 4.47. The Morgan fingerprint density at radius 2 is 1.89 bits per heavy atom. The predicted molar refractivity (Wildman–Crippen MR) is 111 cm³/mol. The lowest BCUT2D eigenvalue weighted by Crippen LogP contribution is -2.37. The van der Waals surface area contributed by atoms with Crippen LogP contribution in [0, 0.1) is 18.3 Å². The van der Waals surface area contributed by atoms with Crippen LogP contribution in [-0.4, -0.2) is 22.7 Å². The van der Waals surface area contributed by atoms with E-state index in [1.54, 1.807) is 4.90 Å². The smallest absolute Gasteiger partial charge is 0.240 e. The van der Waals surface area contributed by atoms with Gasteiger partial charge in [-0.25, -0.2) is 4.98 Å². The van der Waals surface area contributed by atoms with Crippen molar-refractivity contribution in [2.24, 2.45) is 0 Å². The molecule has 1 aromatic heterocycles. The Labute approximate surface area is 163 Å². The summed E-state index contributed by atoms with van der Waals surface area (Å²) in [6.07, 6.45) is 0.297. The fraction of sp³-hybridized carbons (Fsp3) is 0.227. The van der Waals surface area contributed by atoms with E-state index in [4.69, 9.17) is 10.2 Å². The number of carbonyl (C=O) groups excluding carboxylic acids is 1. The Bertz CT molecular complexity index is 982. The number of aromatic nitrogens is 1. The van der Waals surface area contributed by atoms with Gasteiger partial charge in [0.15, 0.2) is 0 Å². The molecular weight excluding hydrogens is 354 g/mol. The van der Waals surface area contributed by atoms with Gasteiger partial charge in [0.05, 0.1) is 28.3 Å². The molecule has 5 heteroatoms. The maximum atomic E-state index is 13.1. The van der Waals surface area contributed by atoms with Gasteiger partial charge < -0.3 is 4.90 Å². The molecule has 1 unspecified atom stereocenters. The van der Waals surface area contributed by atoms with Crippen LogP contribution in [0.4, 0.5) is 5.69 Å². The molecule has 0 aliphatic heterocycles. The van der Waals surface area contributed by atoms with Gasteiger partial charge in [0.25, 0.3) is 0 Å². The lowest BCUT2D eigenvalue weighted by Gasteiger charge is -2.25. The Balaban J connectivity index is 1.82. The number of fused-ring (bicyclic) bond motifs is 1. The number of hydrogen-bond donors (Lipinski definition) is 0. The zero-order chi connectivity index (χ0) is 19.2. The number of rotatable bonds is 6. The normalized spacial score (nSPS) is 11.7. The number of carbonyl (C=O) groups is 1. The highest BCUT2D eigenvalue weighted by molar-refractivity contribution is 8.00. The van der Waals surface area contributed by atoms with Gasteiger partial charge in [-0.3, -0.25) is 4.79 Å². The Morgan fingerprint density at radius 1 is 1.19 bits per heavy atom. The molecule has 1 atom stereocenters. The summed E-state index contributed by atoms with van der Waals surface area (Å²) in [4.78, 5) is 19.5. The van der Waals surface area contributed by atoms with Crippen LogP contribution in [0.25, 0.3) is 10.9 Å². The number of anilines is 1. The second-order valence-electron chi connectivity index (χ2n) is 6.29. The first-order valence-corrected chi connectivity index (χ1v) is 9.74. The van der Waals surface area contributed by atoms with E-state index in [9.17, 15) is 4.79 Å². The molecule has 3 rings (SSSR count). The molecule has 4 nitrogen and oxygen atoms in total. The van der Waals surface area contributed by atoms with E-state index >= 15 is 0 Å². The van der Waals surface area contributed by atoms with Crippen LogP contribution in [0.2, 0.25) is 0 Å². The first-order chi connectivity index (χ1) is 13.1. The Kier molecular flexibility index (Phi) is 6.10. The minimum atomic E-state index is -0.308. The summed E-state index contributed by atoms with van der Waals surface area (Å²) in [6, 6.07) is 21.7. The highest BCUT2D eigenvalue weighted by Crippen LogP contribution is 2.28. The van der Waals surface area contributed by atoms with Gasteiger partial charge in [-0.1, -0.05) is 48.2 Å². The number of nitrogens with zero attached hydrogens (tertiary/aromatic N) is 3. The van der Waals surface area contributed by atoms with Crippen LogP contribution in [0.1, 0.15) is 18.9 Å². The fourth-order valence-electron chi connectivity index (χ4n) is 2.97. The van der Waals surface area contributed by atoms with Crippen LogP contribution < -0.4 is 4.90 Å². The number of hydrogen-bond acceptors (Lipinski definition) is 4. The predicted octanol–water partition coefficient (Wildman–Crippen LogP) is 4.97. The van der Waals surface area contributed by atoms with E-state index in [1.165, 1.54) is 11.8 Å². The summed E-state index contributed by atoms with van der Waals surface area (Å²) in [5.74, 6) is -0.0194. The van der Waals surface area contributed by atoms with E-state index in [-0.39, 0.29) is 11.2 Å². The molecule has 27 heavy (non-hydrogen) atoms. The molecule has 0 aliphatic rings. The number of para-hydroxylation sites is 2. The molecule has 0 spiro atoms. The summed E-state index contributed by atoms with van der Waals surface area (Å²) in [6.45, 7) is 4.33. The number of thioether (sulfide) groups is 1. The van der Waals surface area contributed by atoms with Crippen LogP contribution in [-0.2, 0) is 4.79 Å². The van der Waals surface area contributed by atoms with Crippen molar-refractivity contribution < 1.29 is 4.79 Å². The van der Waals surface area contributed by atoms with E-state index in [1.807, 2.05) is 61.5 Å². The highest BCUT2D eigenvalue weighted by Gasteiger charge is 2.23. The maximum absolute atomic E-state index is 13.1. The maximum Gasteiger partial charge on any atom is 0.240 e. The van der Waals surface area contributed by atoms with Gasteiger partial charge in [0.1, 0.15) is 0 Å². The number of nitriles is 1. The zero-order valence-corrected chi connectivity index (χ0v) is 16.2. The molecule has 2 aromatic carbocycles. The van der Waals surface area contributed by atoms with E-state index in [0.29, 0.717) is 13.0 Å². The second kappa shape index (κ2) is 8.70. The SMILES string of the molecule is Cc1cc(SC(C)C(=O)N(CCC#N)c2ccccc2)nc2ccccc12. The van der Waals surface area contributed by atoms with Gasteiger partial charge in [-0.05, 0) is 43.7 Å². The van der Waals surface area contributed by atoms with Crippen LogP contribution >= 0.6 is 11.8 Å². The molecule has 0 radical (unpaired) electrons. The van der Waals surface area contributed by atoms with E-state index in [0.717, 1.165) is 27.2 Å². The topological polar surface area (TPSA) is 57.0 Å². The zero-order valence-electron chi connectivity index (χ0n) is 15.4. The summed E-state index contributed by atoms with van der Waals surface area (Å²) in [5.41, 5.74) is 2.89. The quantitative estimate of drug-likeness (QED) is 0.571. The first-order valence-electron chi connectivity index (χ1n) is 8.86. The first kappa shape index (κ1) is 18.9. The molecule has 0 saturated heterocycles. The lowest BCUT2D eigenvalue weighted by molar-refractivity contribution is -0.117. The second-order valence-corrected chi connectivity index (χ2v) is 7.65. The minimum absolute atomic E-state index is 0.0194. The van der Waals surface area contributed by atoms with Crippen molar-refractivity contribution in [3.63, 3.8) is 0 Å². The molecule has 136 valence electrons. The lowest BCUT2D eigenvalue weighted by atomic mass is 10.1. The van der Waals surface area contributed by atoms with Crippen LogP contribution in [0.15, 0.2) is 65.7 Å². The summed E-state index contributed by atoms with van der Waals surface area (Å²) >= 11 is 1.45. The van der Waals surface area contributed by atoms with Gasteiger partial charge in [0, 0.05) is 17.6 Å². The largest absolute Gasteiger partial charge is 0.310 e. The standard InChI is InChI=1S/C22H21N3OS/c1-16-15-21(24-20-12-7-6-11-19(16)20)27-17(2)22(26)25(14-8-13-23)18-9-4-3-5-10-18/h3-7,9-12,15,17H,8,14H2,1-2H3. The molecule has 1 amide bonds. The highest BCUT2D eigenvalue weighted by atomic mass is 32.2. The van der Waals surface area contributed by atoms with Crippen molar-refractivity contribution in [3.05, 3.63) is 66.2 Å². The van der Waals surface area contributed by atoms with Gasteiger partial charge >= 0.3 is 0 Å². The fourth-order valence-corrected chi connectivity index (χ4v) is 3.95. The van der Waals surface area contributed by atoms with Crippen molar-refractivity contribution in [2.45, 2.75) is 30.5 Å². The third-order valence-corrected chi connectivity index (χ3v) is 5.33. The van der Waals surface area contributed by atoms with Gasteiger partial charge in [0.2, 0.25) is 5.91 Å². The van der Waals surface area contributed by atoms with Crippen LogP contribution in [0.5, 0.6) is 0 Å². The molecule has 1 heterocycles. The van der Waals surface area contributed by atoms with Crippen molar-refractivity contribution in [1.82, 2.24) is 4.98 Å². The van der Waals surface area contributed by atoms with Crippen LogP contribution in [0.3, 0.4) is 0 Å². The Hall–Kier alpha value is -2.84. The summed E-state index contributed by atoms with van der Waals surface area (Å²) in [5, 5.41) is 10.6. The van der Waals surface area contributed by atoms with Crippen molar-refractivity contribution in [3.8, 4) is 6.07 Å². The van der Waals surface area contributed by atoms with Gasteiger partial charge in [-0.2, -0.15) is 5.26 Å². The number of benzene rings is 2. The number of pyridine rings is 1. The third-order valence-electron chi connectivity index (χ3n) is 4.33. The molecular formula is C22H21N3OS. The molecule has 0 bridgehead atoms. The Morgan fingerprint density at radius 3 is 2.63 bits per heavy atom. The van der Waals surface area contributed by atoms with E-state index < -0.39 is 0 Å². The average Bonchev–Trinajstić information content (AvgIpc) is 2.69. The number of amides is 1. The van der Waals surface area contributed by atoms with E-state index in [2.05, 4.69) is 19.1 Å².